The van der Waals surface area contributed by atoms with E-state index in [2.05, 4.69) is 249 Å². The van der Waals surface area contributed by atoms with Crippen LogP contribution in [0.25, 0.3) is 123 Å². The first-order chi connectivity index (χ1) is 53.6. The molecule has 14 nitrogen and oxygen atoms in total. The zero-order valence-electron chi connectivity index (χ0n) is 60.0. The summed E-state index contributed by atoms with van der Waals surface area (Å²) in [5.74, 6) is 1.32. The molecule has 0 saturated heterocycles. The SMILES string of the molecule is O=P(O)(O)Cc1ccc(C[n+]2ccc(-c3ccc(-c4ccc(-c5cc(-c6ccc(-c7cc[n+](Cc8cccc(C[n+]9ccc(-c%10ccc(-c%11cc(-c%12ccc(-c%13cc[n+](Cc%14ccc(CP(=O)(O)O)cc%14)cc%13)cc%12)nc(-c%12ccccc%12)n%11)cc%10)cc9)c8)cc7)cc6)nc(-c6ccccc6)n5)cc4)cc3)cc2)cc1. The van der Waals surface area contributed by atoms with Crippen LogP contribution >= 0.6 is 15.2 Å². The number of nitrogens with zero attached hydrogens (tertiary/aromatic N) is 8. The lowest BCUT2D eigenvalue weighted by atomic mass is 9.99. The van der Waals surface area contributed by atoms with Crippen LogP contribution in [0.15, 0.2) is 365 Å². The fraction of sp³-hybridized carbons (Fsp3) is 0.0638. The minimum atomic E-state index is -4.12. The Labute approximate surface area is 638 Å². The maximum atomic E-state index is 11.5. The van der Waals surface area contributed by atoms with E-state index in [1.807, 2.05) is 110 Å². The molecule has 110 heavy (non-hydrogen) atoms. The number of rotatable bonds is 23. The second-order valence-corrected chi connectivity index (χ2v) is 31.0. The van der Waals surface area contributed by atoms with Crippen molar-refractivity contribution >= 4 is 15.2 Å². The van der Waals surface area contributed by atoms with Gasteiger partial charge in [-0.2, -0.15) is 0 Å². The van der Waals surface area contributed by atoms with Crippen LogP contribution in [0.3, 0.4) is 0 Å². The van der Waals surface area contributed by atoms with Crippen LogP contribution in [0.2, 0.25) is 0 Å². The molecule has 4 N–H and O–H groups in total. The summed E-state index contributed by atoms with van der Waals surface area (Å²) < 4.78 is 31.5. The number of hydrogen-bond acceptors (Lipinski definition) is 6. The average Bonchev–Trinajstić information content (AvgIpc) is 0.795. The second kappa shape index (κ2) is 32.0. The number of hydrogen-bond donors (Lipinski definition) is 4. The Bertz CT molecular complexity index is 5980. The van der Waals surface area contributed by atoms with E-state index in [1.54, 1.807) is 24.3 Å². The van der Waals surface area contributed by atoms with Crippen LogP contribution in [0, 0.1) is 0 Å². The van der Waals surface area contributed by atoms with Crippen LogP contribution in [-0.2, 0) is 47.6 Å². The molecule has 0 bridgehead atoms. The van der Waals surface area contributed by atoms with Crippen molar-refractivity contribution in [3.63, 3.8) is 0 Å². The van der Waals surface area contributed by atoms with Crippen molar-refractivity contribution in [2.45, 2.75) is 38.5 Å². The monoisotopic (exact) mass is 1470 g/mol. The minimum Gasteiger partial charge on any atom is -0.324 e. The molecule has 0 unspecified atom stereocenters. The molecule has 0 spiro atoms. The van der Waals surface area contributed by atoms with Gasteiger partial charge in [0.05, 0.1) is 35.1 Å². The highest BCUT2D eigenvalue weighted by molar-refractivity contribution is 7.51. The molecule has 0 amide bonds. The van der Waals surface area contributed by atoms with Crippen molar-refractivity contribution in [2.75, 3.05) is 0 Å². The quantitative estimate of drug-likeness (QED) is 0.0355. The summed E-state index contributed by atoms with van der Waals surface area (Å²) in [5.41, 5.74) is 26.0. The van der Waals surface area contributed by atoms with Gasteiger partial charge < -0.3 is 19.6 Å². The molecule has 0 aliphatic rings. The highest BCUT2D eigenvalue weighted by atomic mass is 31.2. The zero-order chi connectivity index (χ0) is 75.0. The number of pyridine rings is 4. The number of aromatic nitrogens is 8. The van der Waals surface area contributed by atoms with E-state index in [0.29, 0.717) is 35.9 Å². The normalized spacial score (nSPS) is 11.6. The van der Waals surface area contributed by atoms with E-state index in [-0.39, 0.29) is 12.3 Å². The molecule has 0 aliphatic carbocycles. The van der Waals surface area contributed by atoms with Crippen molar-refractivity contribution < 1.29 is 47.0 Å². The molecule has 16 rings (SSSR count). The van der Waals surface area contributed by atoms with E-state index in [0.717, 1.165) is 136 Å². The Hall–Kier alpha value is -12.7. The first kappa shape index (κ1) is 71.5. The summed E-state index contributed by atoms with van der Waals surface area (Å²) in [6.45, 7) is 2.74. The van der Waals surface area contributed by atoms with E-state index in [1.165, 1.54) is 11.1 Å². The van der Waals surface area contributed by atoms with Crippen LogP contribution < -0.4 is 18.3 Å². The van der Waals surface area contributed by atoms with Gasteiger partial charge in [0, 0.05) is 104 Å². The van der Waals surface area contributed by atoms with Crippen molar-refractivity contribution in [3.8, 4) is 123 Å². The maximum Gasteiger partial charge on any atom is 0.329 e. The molecule has 16 aromatic rings. The van der Waals surface area contributed by atoms with Gasteiger partial charge in [-0.05, 0) is 85.0 Å². The topological polar surface area (TPSA) is 182 Å². The van der Waals surface area contributed by atoms with Gasteiger partial charge in [0.1, 0.15) is 0 Å². The lowest BCUT2D eigenvalue weighted by Gasteiger charge is -2.11. The highest BCUT2D eigenvalue weighted by Crippen LogP contribution is 2.41. The van der Waals surface area contributed by atoms with Gasteiger partial charge in [0.2, 0.25) is 0 Å². The molecule has 0 aliphatic heterocycles. The van der Waals surface area contributed by atoms with Crippen LogP contribution in [0.5, 0.6) is 0 Å². The molecule has 0 atom stereocenters. The van der Waals surface area contributed by atoms with E-state index in [4.69, 9.17) is 19.9 Å². The summed E-state index contributed by atoms with van der Waals surface area (Å²) in [5, 5.41) is 0. The van der Waals surface area contributed by atoms with Crippen LogP contribution in [-0.4, -0.2) is 39.5 Å². The Morgan fingerprint density at radius 3 is 0.673 bits per heavy atom. The first-order valence-corrected chi connectivity index (χ1v) is 39.9. The van der Waals surface area contributed by atoms with Gasteiger partial charge in [-0.3, -0.25) is 9.13 Å². The Morgan fingerprint density at radius 2 is 0.427 bits per heavy atom. The van der Waals surface area contributed by atoms with Crippen LogP contribution in [0.4, 0.5) is 0 Å². The van der Waals surface area contributed by atoms with Crippen molar-refractivity contribution in [3.05, 3.63) is 398 Å². The Kier molecular flexibility index (Phi) is 20.8. The largest absolute Gasteiger partial charge is 0.329 e. The van der Waals surface area contributed by atoms with Gasteiger partial charge in [-0.15, -0.1) is 0 Å². The first-order valence-electron chi connectivity index (χ1n) is 36.3. The van der Waals surface area contributed by atoms with Crippen molar-refractivity contribution in [1.29, 1.82) is 0 Å². The van der Waals surface area contributed by atoms with Gasteiger partial charge in [-0.1, -0.05) is 249 Å². The van der Waals surface area contributed by atoms with Crippen LogP contribution in [0.1, 0.15) is 33.4 Å². The minimum absolute atomic E-state index is 0.260. The number of benzene rings is 10. The summed E-state index contributed by atoms with van der Waals surface area (Å²) in [7, 11) is -8.23. The molecule has 0 radical (unpaired) electrons. The van der Waals surface area contributed by atoms with E-state index < -0.39 is 15.2 Å². The molecular weight excluding hydrogens is 1400 g/mol. The molecule has 6 aromatic heterocycles. The standard InChI is InChI=1S/C94H72N8O6P2/c103-109(104,105)65-69-18-14-67(15-19-69)61-99-50-42-79(43-51-99)75-24-22-73(23-25-75)74-26-34-83(35-27-74)89-59-90(96-93(95-89)87-10-3-1-4-11-87)85-38-30-77(31-39-85)81-46-54-101(55-47-81)63-71-8-7-9-72(58-71)64-102-56-48-82(49-57-102)78-32-40-86(41-33-78)92-60-91(97-94(98-92)88-12-5-2-6-13-88)84-36-28-76(29-37-84)80-44-52-100(53-45-80)62-68-16-20-70(21-17-68)66-110(106,107)108/h1-60H,61-66H2/p+4. The lowest BCUT2D eigenvalue weighted by Crippen LogP contribution is -2.34. The predicted molar refractivity (Wildman–Crippen MR) is 432 cm³/mol. The van der Waals surface area contributed by atoms with Gasteiger partial charge >= 0.3 is 15.2 Å². The lowest BCUT2D eigenvalue weighted by molar-refractivity contribution is -0.689. The predicted octanol–water partition coefficient (Wildman–Crippen LogP) is 18.3. The molecule has 0 saturated carbocycles. The fourth-order valence-electron chi connectivity index (χ4n) is 13.8. The van der Waals surface area contributed by atoms with Crippen molar-refractivity contribution in [2.24, 2.45) is 0 Å². The highest BCUT2D eigenvalue weighted by Gasteiger charge is 2.20. The van der Waals surface area contributed by atoms with Gasteiger partial charge in [0.25, 0.3) is 0 Å². The third-order valence-corrected chi connectivity index (χ3v) is 21.2. The molecule has 534 valence electrons. The Balaban J connectivity index is 0.539. The molecule has 10 aromatic carbocycles. The summed E-state index contributed by atoms with van der Waals surface area (Å²) in [4.78, 5) is 57.8. The average molecular weight is 1480 g/mol. The molecule has 6 heterocycles. The smallest absolute Gasteiger partial charge is 0.324 e. The molecule has 0 fully saturated rings. The van der Waals surface area contributed by atoms with Crippen molar-refractivity contribution in [1.82, 2.24) is 19.9 Å². The summed E-state index contributed by atoms with van der Waals surface area (Å²) in [6.07, 6.45) is 16.3. The van der Waals surface area contributed by atoms with E-state index >= 15 is 0 Å². The fourth-order valence-corrected chi connectivity index (χ4v) is 15.1. The third kappa shape index (κ3) is 17.9. The van der Waals surface area contributed by atoms with Gasteiger partial charge in [0.15, 0.2) is 87.4 Å². The molecular formula is C94H76N8O6P2+4. The molecule has 16 heteroatoms. The van der Waals surface area contributed by atoms with E-state index in [9.17, 15) is 28.7 Å². The second-order valence-electron chi connectivity index (χ2n) is 27.7. The zero-order valence-corrected chi connectivity index (χ0v) is 61.7. The summed E-state index contributed by atoms with van der Waals surface area (Å²) in [6, 6.07) is 108. The maximum absolute atomic E-state index is 11.5. The Morgan fingerprint density at radius 1 is 0.209 bits per heavy atom. The summed E-state index contributed by atoms with van der Waals surface area (Å²) >= 11 is 0. The third-order valence-electron chi connectivity index (χ3n) is 19.6. The van der Waals surface area contributed by atoms with Gasteiger partial charge in [-0.25, -0.2) is 38.2 Å².